The van der Waals surface area contributed by atoms with Crippen LogP contribution in [-0.4, -0.2) is 50.4 Å². The van der Waals surface area contributed by atoms with Gasteiger partial charge in [0.05, 0.1) is 24.4 Å². The van der Waals surface area contributed by atoms with Gasteiger partial charge in [-0.25, -0.2) is 9.18 Å². The molecule has 2 aromatic carbocycles. The lowest BCUT2D eigenvalue weighted by molar-refractivity contribution is 0.0270. The normalized spacial score (nSPS) is 13.7. The number of amides is 1. The van der Waals surface area contributed by atoms with Crippen LogP contribution in [0.25, 0.3) is 0 Å². The minimum atomic E-state index is -2.86. The van der Waals surface area contributed by atoms with E-state index in [1.807, 2.05) is 36.4 Å². The van der Waals surface area contributed by atoms with Gasteiger partial charge in [0.1, 0.15) is 5.82 Å². The van der Waals surface area contributed by atoms with E-state index >= 15 is 0 Å². The van der Waals surface area contributed by atoms with Crippen molar-refractivity contribution in [3.8, 4) is 0 Å². The lowest BCUT2D eigenvalue weighted by atomic mass is 10.0. The first-order valence-corrected chi connectivity index (χ1v) is 13.5. The van der Waals surface area contributed by atoms with Crippen LogP contribution in [0.4, 0.5) is 9.18 Å². The molecule has 3 aromatic rings. The number of nitrogens with zero attached hydrogens (tertiary/aromatic N) is 1. The predicted molar refractivity (Wildman–Crippen MR) is 137 cm³/mol. The second-order valence-electron chi connectivity index (χ2n) is 9.44. The quantitative estimate of drug-likeness (QED) is 0.415. The van der Waals surface area contributed by atoms with E-state index in [2.05, 4.69) is 55.3 Å². The SMILES string of the molecule is COC(CO[Si](c1ccccc1)(c1ccccc1)C(C)(C)C)C(Cc1ncccc1F)NC(=O)O. The van der Waals surface area contributed by atoms with Crippen molar-refractivity contribution in [3.05, 3.63) is 90.5 Å². The van der Waals surface area contributed by atoms with E-state index in [4.69, 9.17) is 9.16 Å². The Labute approximate surface area is 207 Å². The van der Waals surface area contributed by atoms with Crippen LogP contribution in [0, 0.1) is 5.82 Å². The van der Waals surface area contributed by atoms with Gasteiger partial charge in [0.15, 0.2) is 0 Å². The molecule has 1 aromatic heterocycles. The number of carbonyl (C=O) groups is 1. The van der Waals surface area contributed by atoms with E-state index in [0.717, 1.165) is 10.4 Å². The molecule has 0 saturated heterocycles. The molecule has 2 atom stereocenters. The van der Waals surface area contributed by atoms with E-state index in [1.165, 1.54) is 25.4 Å². The van der Waals surface area contributed by atoms with Crippen molar-refractivity contribution in [2.45, 2.75) is 44.4 Å². The van der Waals surface area contributed by atoms with Gasteiger partial charge >= 0.3 is 6.09 Å². The first-order chi connectivity index (χ1) is 16.7. The fourth-order valence-corrected chi connectivity index (χ4v) is 9.10. The number of hydrogen-bond donors (Lipinski definition) is 2. The van der Waals surface area contributed by atoms with Gasteiger partial charge in [0.25, 0.3) is 8.32 Å². The summed E-state index contributed by atoms with van der Waals surface area (Å²) in [6.07, 6.45) is -0.383. The Balaban J connectivity index is 2.00. The number of rotatable bonds is 10. The largest absolute Gasteiger partial charge is 0.465 e. The Morgan fingerprint density at radius 1 is 1.03 bits per heavy atom. The Morgan fingerprint density at radius 2 is 1.60 bits per heavy atom. The van der Waals surface area contributed by atoms with Gasteiger partial charge in [-0.05, 0) is 27.5 Å². The van der Waals surface area contributed by atoms with Crippen molar-refractivity contribution < 1.29 is 23.5 Å². The number of hydrogen-bond acceptors (Lipinski definition) is 4. The van der Waals surface area contributed by atoms with Crippen LogP contribution in [0.5, 0.6) is 0 Å². The topological polar surface area (TPSA) is 80.7 Å². The van der Waals surface area contributed by atoms with Crippen LogP contribution >= 0.6 is 0 Å². The summed E-state index contributed by atoms with van der Waals surface area (Å²) in [6, 6.07) is 22.3. The Morgan fingerprint density at radius 3 is 2.06 bits per heavy atom. The van der Waals surface area contributed by atoms with E-state index in [-0.39, 0.29) is 23.8 Å². The summed E-state index contributed by atoms with van der Waals surface area (Å²) in [6.45, 7) is 6.61. The standard InChI is InChI=1S/C27H33FN2O4Si/c1-27(2,3)35(20-12-7-5-8-13-20,21-14-9-6-10-15-21)34-19-25(33-4)24(30-26(31)32)18-23-22(28)16-11-17-29-23/h5-17,24-25,30H,18-19H2,1-4H3,(H,31,32). The highest BCUT2D eigenvalue weighted by molar-refractivity contribution is 6.99. The first kappa shape index (κ1) is 26.5. The second kappa shape index (κ2) is 11.6. The number of nitrogens with one attached hydrogen (secondary N) is 1. The zero-order valence-corrected chi connectivity index (χ0v) is 21.6. The molecule has 0 aliphatic rings. The number of aromatic nitrogens is 1. The van der Waals surface area contributed by atoms with Crippen LogP contribution < -0.4 is 15.7 Å². The average molecular weight is 497 g/mol. The van der Waals surface area contributed by atoms with E-state index < -0.39 is 32.4 Å². The molecule has 2 unspecified atom stereocenters. The number of ether oxygens (including phenoxy) is 1. The van der Waals surface area contributed by atoms with Gasteiger partial charge in [-0.2, -0.15) is 0 Å². The van der Waals surface area contributed by atoms with E-state index in [9.17, 15) is 14.3 Å². The summed E-state index contributed by atoms with van der Waals surface area (Å²) in [5.41, 5.74) is 0.166. The third-order valence-electron chi connectivity index (χ3n) is 6.19. The van der Waals surface area contributed by atoms with Crippen molar-refractivity contribution in [1.82, 2.24) is 10.3 Å². The summed E-state index contributed by atoms with van der Waals surface area (Å²) >= 11 is 0. The van der Waals surface area contributed by atoms with Gasteiger partial charge < -0.3 is 19.6 Å². The van der Waals surface area contributed by atoms with Crippen molar-refractivity contribution in [2.24, 2.45) is 0 Å². The molecule has 0 bridgehead atoms. The molecule has 35 heavy (non-hydrogen) atoms. The second-order valence-corrected chi connectivity index (χ2v) is 13.7. The number of carboxylic acid groups (broad SMARTS) is 1. The highest BCUT2D eigenvalue weighted by Gasteiger charge is 2.50. The molecule has 186 valence electrons. The summed E-state index contributed by atoms with van der Waals surface area (Å²) < 4.78 is 27.0. The molecule has 8 heteroatoms. The molecule has 3 rings (SSSR count). The molecule has 1 heterocycles. The molecule has 0 radical (unpaired) electrons. The van der Waals surface area contributed by atoms with Crippen molar-refractivity contribution in [1.29, 1.82) is 0 Å². The smallest absolute Gasteiger partial charge is 0.404 e. The third kappa shape index (κ3) is 6.14. The van der Waals surface area contributed by atoms with Crippen molar-refractivity contribution in [3.63, 3.8) is 0 Å². The van der Waals surface area contributed by atoms with Crippen LogP contribution in [0.1, 0.15) is 26.5 Å². The number of pyridine rings is 1. The third-order valence-corrected chi connectivity index (χ3v) is 11.2. The molecule has 0 saturated carbocycles. The molecule has 1 amide bonds. The number of methoxy groups -OCH3 is 1. The van der Waals surface area contributed by atoms with Gasteiger partial charge in [0.2, 0.25) is 0 Å². The summed E-state index contributed by atoms with van der Waals surface area (Å²) in [4.78, 5) is 15.7. The van der Waals surface area contributed by atoms with E-state index in [0.29, 0.717) is 0 Å². The number of halogens is 1. The molecule has 2 N–H and O–H groups in total. The zero-order valence-electron chi connectivity index (χ0n) is 20.6. The maximum atomic E-state index is 14.3. The highest BCUT2D eigenvalue weighted by Crippen LogP contribution is 2.37. The van der Waals surface area contributed by atoms with Gasteiger partial charge in [0, 0.05) is 19.7 Å². The Kier molecular flexibility index (Phi) is 8.77. The van der Waals surface area contributed by atoms with Crippen molar-refractivity contribution in [2.75, 3.05) is 13.7 Å². The minimum Gasteiger partial charge on any atom is -0.465 e. The van der Waals surface area contributed by atoms with Crippen molar-refractivity contribution >= 4 is 24.8 Å². The average Bonchev–Trinajstić information content (AvgIpc) is 2.83. The summed E-state index contributed by atoms with van der Waals surface area (Å²) in [7, 11) is -1.36. The van der Waals surface area contributed by atoms with Gasteiger partial charge in [-0.1, -0.05) is 81.4 Å². The van der Waals surface area contributed by atoms with Crippen LogP contribution in [0.3, 0.4) is 0 Å². The molecule has 0 fully saturated rings. The predicted octanol–water partition coefficient (Wildman–Crippen LogP) is 3.99. The molecule has 0 aliphatic carbocycles. The maximum Gasteiger partial charge on any atom is 0.404 e. The fourth-order valence-electron chi connectivity index (χ4n) is 4.53. The molecular weight excluding hydrogens is 463 g/mol. The Bertz CT molecular complexity index is 1050. The molecule has 0 aliphatic heterocycles. The number of benzene rings is 2. The van der Waals surface area contributed by atoms with E-state index in [1.54, 1.807) is 0 Å². The van der Waals surface area contributed by atoms with Crippen LogP contribution in [0.15, 0.2) is 79.0 Å². The molecule has 6 nitrogen and oxygen atoms in total. The van der Waals surface area contributed by atoms with Gasteiger partial charge in [-0.15, -0.1) is 0 Å². The highest BCUT2D eigenvalue weighted by atomic mass is 28.4. The lowest BCUT2D eigenvalue weighted by Gasteiger charge is -2.44. The maximum absolute atomic E-state index is 14.3. The van der Waals surface area contributed by atoms with Crippen LogP contribution in [0.2, 0.25) is 5.04 Å². The Hall–Kier alpha value is -3.07. The fraction of sp³-hybridized carbons (Fsp3) is 0.333. The molecular formula is C27H33FN2O4Si. The molecule has 0 spiro atoms. The zero-order chi connectivity index (χ0) is 25.5. The first-order valence-electron chi connectivity index (χ1n) is 11.6. The van der Waals surface area contributed by atoms with Crippen LogP contribution in [-0.2, 0) is 15.6 Å². The monoisotopic (exact) mass is 496 g/mol. The lowest BCUT2D eigenvalue weighted by Crippen LogP contribution is -2.67. The summed E-state index contributed by atoms with van der Waals surface area (Å²) in [5.74, 6) is -0.493. The minimum absolute atomic E-state index is 0.0294. The van der Waals surface area contributed by atoms with Gasteiger partial charge in [-0.3, -0.25) is 4.98 Å². The summed E-state index contributed by atoms with van der Waals surface area (Å²) in [5, 5.41) is 13.9.